The summed E-state index contributed by atoms with van der Waals surface area (Å²) in [5.41, 5.74) is 12.7. The number of hydrogen-bond donors (Lipinski definition) is 2. The molecule has 0 spiro atoms. The van der Waals surface area contributed by atoms with Crippen LogP contribution in [0.2, 0.25) is 0 Å². The average molecular weight is 379 g/mol. The van der Waals surface area contributed by atoms with E-state index in [0.717, 1.165) is 51.4 Å². The summed E-state index contributed by atoms with van der Waals surface area (Å²) >= 11 is 0. The fraction of sp³-hybridized carbons (Fsp3) is 0.435. The number of benzene rings is 2. The van der Waals surface area contributed by atoms with Crippen molar-refractivity contribution < 1.29 is 4.74 Å². The third-order valence-corrected chi connectivity index (χ3v) is 5.59. The molecule has 2 aliphatic rings. The lowest BCUT2D eigenvalue weighted by Gasteiger charge is -2.26. The molecule has 0 aromatic heterocycles. The van der Waals surface area contributed by atoms with Crippen LogP contribution in [0.15, 0.2) is 47.5 Å². The minimum Gasteiger partial charge on any atom is -0.379 e. The van der Waals surface area contributed by atoms with Crippen LogP contribution in [0.4, 0.5) is 5.69 Å². The van der Waals surface area contributed by atoms with E-state index in [0.29, 0.717) is 12.5 Å². The van der Waals surface area contributed by atoms with Crippen LogP contribution >= 0.6 is 0 Å². The maximum atomic E-state index is 6.19. The third kappa shape index (κ3) is 4.91. The monoisotopic (exact) mass is 378 g/mol. The molecule has 2 aromatic carbocycles. The number of nitrogens with zero attached hydrogens (tertiary/aromatic N) is 2. The van der Waals surface area contributed by atoms with E-state index in [1.165, 1.54) is 35.1 Å². The highest BCUT2D eigenvalue weighted by molar-refractivity contribution is 5.93. The van der Waals surface area contributed by atoms with E-state index in [-0.39, 0.29) is 0 Å². The lowest BCUT2D eigenvalue weighted by molar-refractivity contribution is 0.0342. The van der Waals surface area contributed by atoms with Crippen molar-refractivity contribution >= 4 is 11.6 Å². The number of anilines is 1. The second kappa shape index (κ2) is 9.22. The van der Waals surface area contributed by atoms with Gasteiger partial charge in [0, 0.05) is 25.3 Å². The first kappa shape index (κ1) is 19.0. The zero-order valence-electron chi connectivity index (χ0n) is 16.5. The molecule has 5 heteroatoms. The van der Waals surface area contributed by atoms with Gasteiger partial charge in [0.25, 0.3) is 0 Å². The van der Waals surface area contributed by atoms with Crippen molar-refractivity contribution in [3.05, 3.63) is 64.7 Å². The minimum absolute atomic E-state index is 0.484. The van der Waals surface area contributed by atoms with Gasteiger partial charge in [-0.05, 0) is 54.0 Å². The van der Waals surface area contributed by atoms with Crippen LogP contribution < -0.4 is 11.1 Å². The molecular weight excluding hydrogens is 348 g/mol. The quantitative estimate of drug-likeness (QED) is 0.619. The summed E-state index contributed by atoms with van der Waals surface area (Å²) in [7, 11) is 0. The lowest BCUT2D eigenvalue weighted by atomic mass is 9.90. The highest BCUT2D eigenvalue weighted by atomic mass is 16.5. The number of aliphatic imine (C=N–C) groups is 1. The Kier molecular flexibility index (Phi) is 6.24. The van der Waals surface area contributed by atoms with E-state index in [1.54, 1.807) is 0 Å². The van der Waals surface area contributed by atoms with Crippen LogP contribution in [0, 0.1) is 0 Å². The number of aryl methyl sites for hydroxylation is 1. The summed E-state index contributed by atoms with van der Waals surface area (Å²) in [6, 6.07) is 15.1. The highest BCUT2D eigenvalue weighted by Crippen LogP contribution is 2.27. The van der Waals surface area contributed by atoms with E-state index in [1.807, 2.05) is 0 Å². The molecule has 0 atom stereocenters. The van der Waals surface area contributed by atoms with Crippen molar-refractivity contribution in [3.63, 3.8) is 0 Å². The molecule has 1 aliphatic heterocycles. The molecule has 0 radical (unpaired) electrons. The van der Waals surface area contributed by atoms with E-state index < -0.39 is 0 Å². The second-order valence-electron chi connectivity index (χ2n) is 7.69. The van der Waals surface area contributed by atoms with Crippen molar-refractivity contribution in [1.29, 1.82) is 0 Å². The standard InChI is InChI=1S/C23H30N4O/c24-23(26-22-10-4-8-20-7-1-2-9-21(20)22)25-16-18-5-3-6-19(15-18)17-27-11-13-28-14-12-27/h3-6,8,10,15H,1-2,7,9,11-14,16-17H2,(H3,24,25,26). The number of nitrogens with two attached hydrogens (primary N) is 1. The third-order valence-electron chi connectivity index (χ3n) is 5.59. The van der Waals surface area contributed by atoms with Gasteiger partial charge in [0.1, 0.15) is 0 Å². The molecular formula is C23H30N4O. The zero-order valence-corrected chi connectivity index (χ0v) is 16.5. The lowest BCUT2D eigenvalue weighted by Crippen LogP contribution is -2.35. The Morgan fingerprint density at radius 2 is 1.82 bits per heavy atom. The van der Waals surface area contributed by atoms with E-state index in [4.69, 9.17) is 10.5 Å². The molecule has 0 unspecified atom stereocenters. The van der Waals surface area contributed by atoms with Crippen molar-refractivity contribution in [2.75, 3.05) is 31.6 Å². The van der Waals surface area contributed by atoms with Gasteiger partial charge in [-0.3, -0.25) is 4.90 Å². The van der Waals surface area contributed by atoms with Crippen molar-refractivity contribution in [3.8, 4) is 0 Å². The maximum Gasteiger partial charge on any atom is 0.193 e. The molecule has 4 rings (SSSR count). The minimum atomic E-state index is 0.484. The number of ether oxygens (including phenoxy) is 1. The van der Waals surface area contributed by atoms with Crippen LogP contribution in [-0.2, 0) is 30.7 Å². The first-order valence-electron chi connectivity index (χ1n) is 10.3. The summed E-state index contributed by atoms with van der Waals surface area (Å²) < 4.78 is 5.43. The Balaban J connectivity index is 1.38. The highest BCUT2D eigenvalue weighted by Gasteiger charge is 2.13. The summed E-state index contributed by atoms with van der Waals surface area (Å²) in [4.78, 5) is 7.01. The number of morpholine rings is 1. The summed E-state index contributed by atoms with van der Waals surface area (Å²) in [5.74, 6) is 0.484. The van der Waals surface area contributed by atoms with Gasteiger partial charge >= 0.3 is 0 Å². The van der Waals surface area contributed by atoms with Crippen LogP contribution in [-0.4, -0.2) is 37.2 Å². The smallest absolute Gasteiger partial charge is 0.193 e. The van der Waals surface area contributed by atoms with Gasteiger partial charge in [-0.1, -0.05) is 36.4 Å². The Labute approximate surface area is 167 Å². The van der Waals surface area contributed by atoms with Crippen molar-refractivity contribution in [2.45, 2.75) is 38.8 Å². The molecule has 0 bridgehead atoms. The number of nitrogens with one attached hydrogen (secondary N) is 1. The molecule has 2 aromatic rings. The number of guanidine groups is 1. The number of rotatable bonds is 5. The molecule has 1 heterocycles. The first-order chi connectivity index (χ1) is 13.8. The molecule has 0 saturated carbocycles. The molecule has 1 aliphatic carbocycles. The summed E-state index contributed by atoms with van der Waals surface area (Å²) in [6.45, 7) is 5.21. The van der Waals surface area contributed by atoms with E-state index in [9.17, 15) is 0 Å². The molecule has 28 heavy (non-hydrogen) atoms. The van der Waals surface area contributed by atoms with Gasteiger partial charge < -0.3 is 15.8 Å². The van der Waals surface area contributed by atoms with E-state index in [2.05, 4.69) is 57.7 Å². The molecule has 5 nitrogen and oxygen atoms in total. The van der Waals surface area contributed by atoms with E-state index >= 15 is 0 Å². The van der Waals surface area contributed by atoms with Crippen LogP contribution in [0.1, 0.15) is 35.1 Å². The molecule has 3 N–H and O–H groups in total. The molecule has 1 fully saturated rings. The van der Waals surface area contributed by atoms with Crippen molar-refractivity contribution in [2.24, 2.45) is 10.7 Å². The SMILES string of the molecule is NC(=NCc1cccc(CN2CCOCC2)c1)Nc1cccc2c1CCCC2. The maximum absolute atomic E-state index is 6.19. The van der Waals surface area contributed by atoms with Gasteiger partial charge in [0.05, 0.1) is 19.8 Å². The fourth-order valence-electron chi connectivity index (χ4n) is 4.10. The topological polar surface area (TPSA) is 62.9 Å². The first-order valence-corrected chi connectivity index (χ1v) is 10.3. The van der Waals surface area contributed by atoms with Gasteiger partial charge in [-0.25, -0.2) is 4.99 Å². The largest absolute Gasteiger partial charge is 0.379 e. The van der Waals surface area contributed by atoms with Gasteiger partial charge in [-0.15, -0.1) is 0 Å². The van der Waals surface area contributed by atoms with Gasteiger partial charge in [-0.2, -0.15) is 0 Å². The van der Waals surface area contributed by atoms with Crippen LogP contribution in [0.5, 0.6) is 0 Å². The van der Waals surface area contributed by atoms with Crippen LogP contribution in [0.3, 0.4) is 0 Å². The number of hydrogen-bond acceptors (Lipinski definition) is 3. The fourth-order valence-corrected chi connectivity index (χ4v) is 4.10. The molecule has 1 saturated heterocycles. The Morgan fingerprint density at radius 3 is 2.71 bits per heavy atom. The Morgan fingerprint density at radius 1 is 1.04 bits per heavy atom. The average Bonchev–Trinajstić information content (AvgIpc) is 2.74. The summed E-state index contributed by atoms with van der Waals surface area (Å²) in [6.07, 6.45) is 4.81. The zero-order chi connectivity index (χ0) is 19.2. The second-order valence-corrected chi connectivity index (χ2v) is 7.69. The molecule has 148 valence electrons. The predicted octanol–water partition coefficient (Wildman–Crippen LogP) is 3.32. The predicted molar refractivity (Wildman–Crippen MR) is 115 cm³/mol. The Bertz CT molecular complexity index is 827. The normalized spacial score (nSPS) is 17.9. The van der Waals surface area contributed by atoms with Crippen molar-refractivity contribution in [1.82, 2.24) is 4.90 Å². The summed E-state index contributed by atoms with van der Waals surface area (Å²) in [5, 5.41) is 3.33. The molecule has 0 amide bonds. The Hall–Kier alpha value is -2.37. The number of fused-ring (bicyclic) bond motifs is 1. The van der Waals surface area contributed by atoms with Crippen LogP contribution in [0.25, 0.3) is 0 Å². The van der Waals surface area contributed by atoms with Gasteiger partial charge in [0.15, 0.2) is 5.96 Å². The van der Waals surface area contributed by atoms with Gasteiger partial charge in [0.2, 0.25) is 0 Å².